The van der Waals surface area contributed by atoms with E-state index >= 15 is 0 Å². The molecule has 328 valence electrons. The fourth-order valence-electron chi connectivity index (χ4n) is 4.93. The minimum atomic E-state index is -1.63. The van der Waals surface area contributed by atoms with Gasteiger partial charge in [-0.3, -0.25) is 28.8 Å². The molecule has 1 aromatic carbocycles. The van der Waals surface area contributed by atoms with Crippen molar-refractivity contribution in [3.05, 3.63) is 35.4 Å². The van der Waals surface area contributed by atoms with E-state index in [1.807, 2.05) is 12.2 Å². The van der Waals surface area contributed by atoms with Crippen LogP contribution in [0.3, 0.4) is 0 Å². The lowest BCUT2D eigenvalue weighted by Gasteiger charge is -2.23. The van der Waals surface area contributed by atoms with Crippen LogP contribution in [-0.2, 0) is 51.3 Å². The van der Waals surface area contributed by atoms with Crippen LogP contribution in [0.2, 0.25) is 0 Å². The lowest BCUT2D eigenvalue weighted by atomic mass is 10.1. The Bertz CT molecular complexity index is 1630. The molecule has 1 rings (SSSR count). The standard InChI is InChI=1S/C35H51N7O15S2/c1-3-58-59-18-19(2)38-30(50)25(16-29(48)49)40-31(51)24(15-28(46)47)39-26(43)14-20-7-9-21(10-8-20)17-37-34(56)36-13-5-4-6-22(32(52)53)41-35(57)42-23(33(54)55)11-12-27(44)45/h7-10,19,22-25H,3-6,11-18H2,1-2H3,(H,38,50)(H,39,43)(H,40,51)(H,44,45)(H,46,47)(H,48,49)(H,52,53)(H,54,55)(H2,36,37,56)(H2,41,42,57)/t19-,22+,23+,24+,25+/m1/s1. The van der Waals surface area contributed by atoms with E-state index < -0.39 is 109 Å². The van der Waals surface area contributed by atoms with Gasteiger partial charge in [-0.1, -0.05) is 52.8 Å². The molecule has 12 N–H and O–H groups in total. The van der Waals surface area contributed by atoms with Crippen molar-refractivity contribution in [2.45, 2.75) is 102 Å². The third-order valence-electron chi connectivity index (χ3n) is 7.85. The Morgan fingerprint density at radius 2 is 1.14 bits per heavy atom. The first-order valence-corrected chi connectivity index (χ1v) is 20.7. The molecule has 0 aromatic heterocycles. The van der Waals surface area contributed by atoms with Crippen LogP contribution in [-0.4, -0.2) is 133 Å². The number of urea groups is 2. The van der Waals surface area contributed by atoms with Gasteiger partial charge in [0, 0.05) is 37.1 Å². The molecule has 0 saturated heterocycles. The zero-order chi connectivity index (χ0) is 44.5. The van der Waals surface area contributed by atoms with Gasteiger partial charge in [-0.15, -0.1) is 0 Å². The number of carbonyl (C=O) groups is 10. The number of amides is 7. The molecule has 0 heterocycles. The Morgan fingerprint density at radius 3 is 1.68 bits per heavy atom. The smallest absolute Gasteiger partial charge is 0.326 e. The van der Waals surface area contributed by atoms with E-state index in [1.165, 1.54) is 10.8 Å². The fourth-order valence-corrected chi connectivity index (χ4v) is 6.88. The molecule has 59 heavy (non-hydrogen) atoms. The Balaban J connectivity index is 2.61. The predicted molar refractivity (Wildman–Crippen MR) is 212 cm³/mol. The molecule has 24 heteroatoms. The number of carboxylic acids is 5. The molecular weight excluding hydrogens is 823 g/mol. The first-order chi connectivity index (χ1) is 27.8. The van der Waals surface area contributed by atoms with Crippen LogP contribution in [0.5, 0.6) is 0 Å². The minimum Gasteiger partial charge on any atom is -0.481 e. The maximum absolute atomic E-state index is 13.0. The van der Waals surface area contributed by atoms with Gasteiger partial charge in [-0.05, 0) is 43.7 Å². The lowest BCUT2D eigenvalue weighted by molar-refractivity contribution is -0.143. The van der Waals surface area contributed by atoms with Crippen molar-refractivity contribution < 1.29 is 73.5 Å². The molecule has 7 amide bonds. The van der Waals surface area contributed by atoms with Crippen molar-refractivity contribution in [2.24, 2.45) is 0 Å². The van der Waals surface area contributed by atoms with Gasteiger partial charge in [-0.25, -0.2) is 19.2 Å². The Kier molecular flexibility index (Phi) is 24.1. The summed E-state index contributed by atoms with van der Waals surface area (Å²) >= 11 is 0. The summed E-state index contributed by atoms with van der Waals surface area (Å²) in [4.78, 5) is 119. The van der Waals surface area contributed by atoms with Gasteiger partial charge >= 0.3 is 41.9 Å². The largest absolute Gasteiger partial charge is 0.481 e. The summed E-state index contributed by atoms with van der Waals surface area (Å²) in [6, 6.07) is -1.73. The number of carbonyl (C=O) groups excluding carboxylic acids is 5. The van der Waals surface area contributed by atoms with Crippen molar-refractivity contribution in [3.8, 4) is 0 Å². The second-order valence-electron chi connectivity index (χ2n) is 12.9. The number of aliphatic carboxylic acids is 5. The SMILES string of the molecule is CCSSC[C@@H](C)NC(=O)[C@H](CC(=O)O)NC(=O)[C@H](CC(=O)O)NC(=O)Cc1ccc(CNC(=O)NCCCC[C@H](NC(=O)N[C@@H](CCC(=O)O)C(=O)O)C(=O)O)cc1. The second-order valence-corrected chi connectivity index (χ2v) is 15.7. The Hall–Kier alpha value is -5.78. The normalized spacial score (nSPS) is 13.2. The summed E-state index contributed by atoms with van der Waals surface area (Å²) < 4.78 is 0. The lowest BCUT2D eigenvalue weighted by Crippen LogP contribution is -2.56. The topological polar surface area (TPSA) is 356 Å². The first kappa shape index (κ1) is 51.2. The van der Waals surface area contributed by atoms with E-state index in [-0.39, 0.29) is 38.4 Å². The molecule has 0 bridgehead atoms. The van der Waals surface area contributed by atoms with E-state index in [9.17, 15) is 63.3 Å². The molecule has 0 radical (unpaired) electrons. The fraction of sp³-hybridized carbons (Fsp3) is 0.543. The number of unbranched alkanes of at least 4 members (excludes halogenated alkanes) is 1. The zero-order valence-electron chi connectivity index (χ0n) is 32.3. The summed E-state index contributed by atoms with van der Waals surface area (Å²) in [5, 5.41) is 62.5. The van der Waals surface area contributed by atoms with Crippen LogP contribution in [0, 0.1) is 0 Å². The number of rotatable bonds is 29. The Morgan fingerprint density at radius 1 is 0.593 bits per heavy atom. The average molecular weight is 874 g/mol. The first-order valence-electron chi connectivity index (χ1n) is 18.2. The van der Waals surface area contributed by atoms with Crippen molar-refractivity contribution in [1.29, 1.82) is 0 Å². The predicted octanol–water partition coefficient (Wildman–Crippen LogP) is 0.0940. The van der Waals surface area contributed by atoms with Crippen molar-refractivity contribution in [3.63, 3.8) is 0 Å². The Labute approximate surface area is 346 Å². The molecule has 22 nitrogen and oxygen atoms in total. The van der Waals surface area contributed by atoms with Crippen LogP contribution < -0.4 is 37.2 Å². The highest BCUT2D eigenvalue weighted by molar-refractivity contribution is 8.76. The number of nitrogens with one attached hydrogen (secondary N) is 7. The maximum Gasteiger partial charge on any atom is 0.326 e. The van der Waals surface area contributed by atoms with Crippen LogP contribution >= 0.6 is 21.6 Å². The molecule has 1 aromatic rings. The highest BCUT2D eigenvalue weighted by atomic mass is 33.1. The average Bonchev–Trinajstić information content (AvgIpc) is 3.14. The summed E-state index contributed by atoms with van der Waals surface area (Å²) in [6.07, 6.45) is -2.33. The molecule has 0 spiro atoms. The molecule has 0 aliphatic heterocycles. The van der Waals surface area contributed by atoms with E-state index in [2.05, 4.69) is 31.9 Å². The van der Waals surface area contributed by atoms with Gasteiger partial charge in [0.2, 0.25) is 17.7 Å². The summed E-state index contributed by atoms with van der Waals surface area (Å²) in [5.74, 6) is -8.18. The van der Waals surface area contributed by atoms with Gasteiger partial charge < -0.3 is 62.8 Å². The highest BCUT2D eigenvalue weighted by Crippen LogP contribution is 2.21. The summed E-state index contributed by atoms with van der Waals surface area (Å²) in [5.41, 5.74) is 1.10. The van der Waals surface area contributed by atoms with Crippen molar-refractivity contribution in [1.82, 2.24) is 37.2 Å². The van der Waals surface area contributed by atoms with Gasteiger partial charge in [-0.2, -0.15) is 0 Å². The highest BCUT2D eigenvalue weighted by Gasteiger charge is 2.31. The molecule has 5 atom stereocenters. The monoisotopic (exact) mass is 873 g/mol. The van der Waals surface area contributed by atoms with Crippen LogP contribution in [0.15, 0.2) is 24.3 Å². The third-order valence-corrected chi connectivity index (χ3v) is 10.5. The zero-order valence-corrected chi connectivity index (χ0v) is 33.9. The van der Waals surface area contributed by atoms with Crippen LogP contribution in [0.4, 0.5) is 9.59 Å². The van der Waals surface area contributed by atoms with E-state index in [4.69, 9.17) is 10.2 Å². The third kappa shape index (κ3) is 23.3. The molecule has 0 aliphatic rings. The van der Waals surface area contributed by atoms with Gasteiger partial charge in [0.05, 0.1) is 19.3 Å². The van der Waals surface area contributed by atoms with E-state index in [0.29, 0.717) is 23.3 Å². The molecule has 0 fully saturated rings. The van der Waals surface area contributed by atoms with Crippen molar-refractivity contribution in [2.75, 3.05) is 18.1 Å². The second kappa shape index (κ2) is 27.8. The van der Waals surface area contributed by atoms with Gasteiger partial charge in [0.1, 0.15) is 24.2 Å². The maximum atomic E-state index is 13.0. The number of hydrogen-bond acceptors (Lipinski definition) is 12. The van der Waals surface area contributed by atoms with Crippen LogP contribution in [0.25, 0.3) is 0 Å². The summed E-state index contributed by atoms with van der Waals surface area (Å²) in [7, 11) is 3.07. The van der Waals surface area contributed by atoms with E-state index in [0.717, 1.165) is 5.75 Å². The quantitative estimate of drug-likeness (QED) is 0.0375. The number of carboxylic acid groups (broad SMARTS) is 5. The van der Waals surface area contributed by atoms with Crippen LogP contribution in [0.1, 0.15) is 69.9 Å². The molecule has 0 saturated carbocycles. The molecule has 0 unspecified atom stereocenters. The van der Waals surface area contributed by atoms with E-state index in [1.54, 1.807) is 42.0 Å². The molecular formula is C35H51N7O15S2. The molecule has 0 aliphatic carbocycles. The van der Waals surface area contributed by atoms with Gasteiger partial charge in [0.25, 0.3) is 0 Å². The summed E-state index contributed by atoms with van der Waals surface area (Å²) in [6.45, 7) is 3.87. The van der Waals surface area contributed by atoms with Gasteiger partial charge in [0.15, 0.2) is 0 Å². The van der Waals surface area contributed by atoms with Crippen molar-refractivity contribution >= 4 is 81.2 Å². The number of hydrogen-bond donors (Lipinski definition) is 12. The minimum absolute atomic E-state index is 0.0553. The number of benzene rings is 1.